The van der Waals surface area contributed by atoms with Crippen molar-refractivity contribution in [2.75, 3.05) is 20.2 Å². The van der Waals surface area contributed by atoms with Gasteiger partial charge in [-0.1, -0.05) is 0 Å². The molecule has 0 bridgehead atoms. The number of esters is 1. The predicted octanol–water partition coefficient (Wildman–Crippen LogP) is 1.87. The molecular weight excluding hydrogens is 300 g/mol. The summed E-state index contributed by atoms with van der Waals surface area (Å²) in [6, 6.07) is 1.70. The fraction of sp³-hybridized carbons (Fsp3) is 0.417. The lowest BCUT2D eigenvalue weighted by molar-refractivity contribution is -0.140. The number of rotatable bonds is 5. The molecule has 0 aliphatic heterocycles. The van der Waals surface area contributed by atoms with Crippen LogP contribution in [0.3, 0.4) is 0 Å². The molecule has 0 aromatic carbocycles. The molecule has 0 saturated carbocycles. The van der Waals surface area contributed by atoms with E-state index >= 15 is 0 Å². The maximum Gasteiger partial charge on any atom is 0.307 e. The van der Waals surface area contributed by atoms with E-state index in [2.05, 4.69) is 25.7 Å². The van der Waals surface area contributed by atoms with Crippen molar-refractivity contribution in [3.8, 4) is 0 Å². The van der Waals surface area contributed by atoms with Gasteiger partial charge in [-0.15, -0.1) is 0 Å². The maximum absolute atomic E-state index is 12.1. The van der Waals surface area contributed by atoms with Gasteiger partial charge in [-0.05, 0) is 28.9 Å². The average Bonchev–Trinajstić information content (AvgIpc) is 2.38. The zero-order valence-corrected chi connectivity index (χ0v) is 11.9. The van der Waals surface area contributed by atoms with Crippen LogP contribution in [-0.2, 0) is 9.53 Å². The van der Waals surface area contributed by atoms with E-state index in [-0.39, 0.29) is 18.3 Å². The molecule has 0 atom stereocenters. The normalized spacial score (nSPS) is 9.94. The van der Waals surface area contributed by atoms with Crippen LogP contribution in [0.15, 0.2) is 22.9 Å². The van der Waals surface area contributed by atoms with Crippen molar-refractivity contribution >= 4 is 27.8 Å². The maximum atomic E-state index is 12.1. The number of nitrogens with zero attached hydrogens (tertiary/aromatic N) is 2. The summed E-state index contributed by atoms with van der Waals surface area (Å²) >= 11 is 3.27. The Morgan fingerprint density at radius 3 is 2.72 bits per heavy atom. The average molecular weight is 315 g/mol. The lowest BCUT2D eigenvalue weighted by Gasteiger charge is -2.20. The number of aromatic nitrogens is 1. The van der Waals surface area contributed by atoms with Gasteiger partial charge in [0.2, 0.25) is 0 Å². The van der Waals surface area contributed by atoms with Crippen LogP contribution in [0, 0.1) is 0 Å². The Kier molecular flexibility index (Phi) is 5.77. The molecule has 0 radical (unpaired) electrons. The van der Waals surface area contributed by atoms with Gasteiger partial charge in [-0.25, -0.2) is 0 Å². The van der Waals surface area contributed by atoms with E-state index in [1.165, 1.54) is 13.3 Å². The van der Waals surface area contributed by atoms with E-state index < -0.39 is 0 Å². The molecule has 0 aliphatic carbocycles. The van der Waals surface area contributed by atoms with E-state index in [0.717, 1.165) is 4.47 Å². The number of carbonyl (C=O) groups excluding carboxylic acids is 2. The highest BCUT2D eigenvalue weighted by Crippen LogP contribution is 2.12. The van der Waals surface area contributed by atoms with E-state index in [0.29, 0.717) is 18.7 Å². The van der Waals surface area contributed by atoms with Crippen molar-refractivity contribution in [1.29, 1.82) is 0 Å². The highest BCUT2D eigenvalue weighted by Gasteiger charge is 2.16. The zero-order valence-electron chi connectivity index (χ0n) is 10.4. The van der Waals surface area contributed by atoms with Crippen LogP contribution in [0.25, 0.3) is 0 Å². The Morgan fingerprint density at radius 2 is 2.17 bits per heavy atom. The smallest absolute Gasteiger partial charge is 0.307 e. The molecule has 0 fully saturated rings. The van der Waals surface area contributed by atoms with E-state index in [9.17, 15) is 9.59 Å². The first kappa shape index (κ1) is 14.6. The molecular formula is C12H15BrN2O3. The standard InChI is InChI=1S/C12H15BrN2O3/c1-3-15(5-4-11(16)18-2)12(17)9-6-10(13)8-14-7-9/h6-8H,3-5H2,1-2H3. The third-order valence-corrected chi connectivity index (χ3v) is 2.87. The van der Waals surface area contributed by atoms with Gasteiger partial charge in [-0.2, -0.15) is 0 Å². The second kappa shape index (κ2) is 7.10. The van der Waals surface area contributed by atoms with Crippen LogP contribution in [-0.4, -0.2) is 42.0 Å². The van der Waals surface area contributed by atoms with Crippen molar-refractivity contribution in [2.45, 2.75) is 13.3 Å². The first-order valence-electron chi connectivity index (χ1n) is 5.55. The third-order valence-electron chi connectivity index (χ3n) is 2.43. The molecule has 0 unspecified atom stereocenters. The van der Waals surface area contributed by atoms with Gasteiger partial charge in [0, 0.05) is 30.0 Å². The third kappa shape index (κ3) is 4.10. The second-order valence-corrected chi connectivity index (χ2v) is 4.52. The van der Waals surface area contributed by atoms with Crippen LogP contribution in [0.5, 0.6) is 0 Å². The number of carbonyl (C=O) groups is 2. The summed E-state index contributed by atoms with van der Waals surface area (Å²) in [5.74, 6) is -0.469. The van der Waals surface area contributed by atoms with Crippen molar-refractivity contribution in [3.63, 3.8) is 0 Å². The molecule has 1 aromatic heterocycles. The summed E-state index contributed by atoms with van der Waals surface area (Å²) in [7, 11) is 1.33. The Balaban J connectivity index is 2.70. The first-order chi connectivity index (χ1) is 8.58. The van der Waals surface area contributed by atoms with Gasteiger partial charge in [0.25, 0.3) is 5.91 Å². The molecule has 1 heterocycles. The molecule has 98 valence electrons. The Bertz CT molecular complexity index is 437. The number of ether oxygens (including phenoxy) is 1. The SMILES string of the molecule is CCN(CCC(=O)OC)C(=O)c1cncc(Br)c1. The highest BCUT2D eigenvalue weighted by atomic mass is 79.9. The fourth-order valence-corrected chi connectivity index (χ4v) is 1.81. The predicted molar refractivity (Wildman–Crippen MR) is 70.1 cm³/mol. The molecule has 18 heavy (non-hydrogen) atoms. The highest BCUT2D eigenvalue weighted by molar-refractivity contribution is 9.10. The van der Waals surface area contributed by atoms with E-state index in [4.69, 9.17) is 0 Å². The lowest BCUT2D eigenvalue weighted by Crippen LogP contribution is -2.33. The molecule has 0 N–H and O–H groups in total. The summed E-state index contributed by atoms with van der Waals surface area (Å²) in [5.41, 5.74) is 0.496. The van der Waals surface area contributed by atoms with Crippen molar-refractivity contribution in [1.82, 2.24) is 9.88 Å². The van der Waals surface area contributed by atoms with Gasteiger partial charge < -0.3 is 9.64 Å². The van der Waals surface area contributed by atoms with Gasteiger partial charge in [0.05, 0.1) is 19.1 Å². The van der Waals surface area contributed by atoms with Gasteiger partial charge in [-0.3, -0.25) is 14.6 Å². The number of methoxy groups -OCH3 is 1. The van der Waals surface area contributed by atoms with Crippen molar-refractivity contribution in [3.05, 3.63) is 28.5 Å². The van der Waals surface area contributed by atoms with Gasteiger partial charge in [0.15, 0.2) is 0 Å². The summed E-state index contributed by atoms with van der Waals surface area (Å²) in [6.45, 7) is 2.73. The van der Waals surface area contributed by atoms with Gasteiger partial charge >= 0.3 is 5.97 Å². The van der Waals surface area contributed by atoms with Crippen LogP contribution >= 0.6 is 15.9 Å². The second-order valence-electron chi connectivity index (χ2n) is 3.60. The molecule has 0 aliphatic rings. The number of hydrogen-bond acceptors (Lipinski definition) is 4. The molecule has 1 aromatic rings. The van der Waals surface area contributed by atoms with E-state index in [1.807, 2.05) is 6.92 Å². The first-order valence-corrected chi connectivity index (χ1v) is 6.34. The van der Waals surface area contributed by atoms with Crippen molar-refractivity contribution < 1.29 is 14.3 Å². The van der Waals surface area contributed by atoms with Crippen LogP contribution in [0.4, 0.5) is 0 Å². The largest absolute Gasteiger partial charge is 0.469 e. The summed E-state index contributed by atoms with van der Waals surface area (Å²) in [4.78, 5) is 28.7. The number of amides is 1. The fourth-order valence-electron chi connectivity index (χ4n) is 1.44. The van der Waals surface area contributed by atoms with E-state index in [1.54, 1.807) is 17.2 Å². The minimum Gasteiger partial charge on any atom is -0.469 e. The number of halogens is 1. The topological polar surface area (TPSA) is 59.5 Å². The Hall–Kier alpha value is -1.43. The summed E-state index contributed by atoms with van der Waals surface area (Å²) in [6.07, 6.45) is 3.31. The Morgan fingerprint density at radius 1 is 1.44 bits per heavy atom. The Labute approximate surface area is 114 Å². The molecule has 5 nitrogen and oxygen atoms in total. The molecule has 6 heteroatoms. The summed E-state index contributed by atoms with van der Waals surface area (Å²) in [5, 5.41) is 0. The summed E-state index contributed by atoms with van der Waals surface area (Å²) < 4.78 is 5.30. The molecule has 1 rings (SSSR count). The molecule has 0 saturated heterocycles. The minimum atomic E-state index is -0.325. The molecule has 0 spiro atoms. The monoisotopic (exact) mass is 314 g/mol. The molecule has 1 amide bonds. The van der Waals surface area contributed by atoms with Crippen LogP contribution in [0.1, 0.15) is 23.7 Å². The van der Waals surface area contributed by atoms with Crippen LogP contribution in [0.2, 0.25) is 0 Å². The number of hydrogen-bond donors (Lipinski definition) is 0. The number of pyridine rings is 1. The van der Waals surface area contributed by atoms with Crippen molar-refractivity contribution in [2.24, 2.45) is 0 Å². The minimum absolute atomic E-state index is 0.143. The van der Waals surface area contributed by atoms with Crippen LogP contribution < -0.4 is 0 Å². The lowest BCUT2D eigenvalue weighted by atomic mass is 10.2. The quantitative estimate of drug-likeness (QED) is 0.778. The van der Waals surface area contributed by atoms with Gasteiger partial charge in [0.1, 0.15) is 0 Å². The zero-order chi connectivity index (χ0) is 13.5.